The first-order valence-corrected chi connectivity index (χ1v) is 6.36. The van der Waals surface area contributed by atoms with E-state index in [0.717, 1.165) is 0 Å². The van der Waals surface area contributed by atoms with E-state index in [0.29, 0.717) is 12.0 Å². The minimum Gasteiger partial charge on any atom is -0.303 e. The second kappa shape index (κ2) is 6.90. The minimum absolute atomic E-state index is 0.113. The Kier molecular flexibility index (Phi) is 6.66. The molecule has 0 aliphatic heterocycles. The van der Waals surface area contributed by atoms with E-state index in [2.05, 4.69) is 71.5 Å². The zero-order valence-corrected chi connectivity index (χ0v) is 12.0. The van der Waals surface area contributed by atoms with Gasteiger partial charge in [-0.25, -0.2) is 0 Å². The number of rotatable bonds is 7. The molecule has 0 N–H and O–H groups in total. The van der Waals surface area contributed by atoms with Crippen LogP contribution in [0.1, 0.15) is 40.5 Å². The van der Waals surface area contributed by atoms with Gasteiger partial charge in [-0.3, -0.25) is 0 Å². The van der Waals surface area contributed by atoms with Crippen LogP contribution in [0.15, 0.2) is 24.8 Å². The number of likely N-dealkylation sites (N-methyl/N-ethyl adjacent to an activating group) is 1. The molecular formula is C15H29N. The Morgan fingerprint density at radius 3 is 2.19 bits per heavy atom. The van der Waals surface area contributed by atoms with E-state index in [4.69, 9.17) is 0 Å². The molecule has 0 bridgehead atoms. The van der Waals surface area contributed by atoms with E-state index in [1.807, 2.05) is 0 Å². The van der Waals surface area contributed by atoms with Gasteiger partial charge in [-0.1, -0.05) is 52.3 Å². The van der Waals surface area contributed by atoms with Crippen molar-refractivity contribution in [3.05, 3.63) is 24.8 Å². The highest BCUT2D eigenvalue weighted by Gasteiger charge is 2.21. The van der Waals surface area contributed by atoms with E-state index in [1.165, 1.54) is 12.8 Å². The van der Waals surface area contributed by atoms with Crippen molar-refractivity contribution in [2.75, 3.05) is 14.1 Å². The molecule has 0 aromatic carbocycles. The summed E-state index contributed by atoms with van der Waals surface area (Å²) in [4.78, 5) is 2.28. The first-order valence-electron chi connectivity index (χ1n) is 6.36. The first kappa shape index (κ1) is 15.4. The fourth-order valence-electron chi connectivity index (χ4n) is 1.64. The van der Waals surface area contributed by atoms with Gasteiger partial charge >= 0.3 is 0 Å². The van der Waals surface area contributed by atoms with Crippen LogP contribution in [0.4, 0.5) is 0 Å². The molecule has 94 valence electrons. The largest absolute Gasteiger partial charge is 0.303 e. The van der Waals surface area contributed by atoms with Crippen molar-refractivity contribution in [3.8, 4) is 0 Å². The van der Waals surface area contributed by atoms with Crippen molar-refractivity contribution in [3.63, 3.8) is 0 Å². The zero-order valence-electron chi connectivity index (χ0n) is 12.0. The average Bonchev–Trinajstić information content (AvgIpc) is 2.22. The molecule has 0 aromatic rings. The van der Waals surface area contributed by atoms with Crippen molar-refractivity contribution in [2.45, 2.75) is 46.6 Å². The molecule has 16 heavy (non-hydrogen) atoms. The second-order valence-electron chi connectivity index (χ2n) is 5.40. The third-order valence-corrected chi connectivity index (χ3v) is 3.61. The minimum atomic E-state index is 0.113. The van der Waals surface area contributed by atoms with Crippen molar-refractivity contribution in [1.29, 1.82) is 0 Å². The molecule has 0 saturated heterocycles. The smallest absolute Gasteiger partial charge is 0.0272 e. The monoisotopic (exact) mass is 223 g/mol. The molecule has 1 heteroatoms. The maximum Gasteiger partial charge on any atom is 0.0272 e. The molecule has 0 amide bonds. The molecule has 0 aliphatic carbocycles. The quantitative estimate of drug-likeness (QED) is 0.587. The van der Waals surface area contributed by atoms with Crippen molar-refractivity contribution < 1.29 is 0 Å². The molecule has 1 unspecified atom stereocenters. The number of allylic oxidation sites excluding steroid dienone is 2. The molecule has 1 nitrogen and oxygen atoms in total. The van der Waals surface area contributed by atoms with Gasteiger partial charge in [0.25, 0.3) is 0 Å². The molecule has 2 atom stereocenters. The van der Waals surface area contributed by atoms with Gasteiger partial charge in [0.15, 0.2) is 0 Å². The van der Waals surface area contributed by atoms with Crippen LogP contribution in [0.25, 0.3) is 0 Å². The summed E-state index contributed by atoms with van der Waals surface area (Å²) in [7, 11) is 4.29. The Hall–Kier alpha value is -0.560. The predicted octanol–water partition coefficient (Wildman–Crippen LogP) is 4.12. The fourth-order valence-corrected chi connectivity index (χ4v) is 1.64. The highest BCUT2D eigenvalue weighted by atomic mass is 15.1. The highest BCUT2D eigenvalue weighted by molar-refractivity contribution is 5.11. The van der Waals surface area contributed by atoms with Gasteiger partial charge in [-0.2, -0.15) is 0 Å². The summed E-state index contributed by atoms with van der Waals surface area (Å²) in [6.07, 6.45) is 9.16. The molecule has 0 rings (SSSR count). The number of hydrogen-bond acceptors (Lipinski definition) is 1. The highest BCUT2D eigenvalue weighted by Crippen LogP contribution is 2.30. The van der Waals surface area contributed by atoms with E-state index in [-0.39, 0.29) is 5.41 Å². The van der Waals surface area contributed by atoms with Gasteiger partial charge in [0.1, 0.15) is 0 Å². The van der Waals surface area contributed by atoms with Crippen molar-refractivity contribution >= 4 is 0 Å². The summed E-state index contributed by atoms with van der Waals surface area (Å²) in [5, 5.41) is 0. The maximum atomic E-state index is 3.96. The van der Waals surface area contributed by atoms with Crippen LogP contribution in [-0.4, -0.2) is 25.0 Å². The maximum absolute atomic E-state index is 3.96. The fraction of sp³-hybridized carbons (Fsp3) is 0.733. The molecule has 0 saturated carbocycles. The average molecular weight is 223 g/mol. The zero-order chi connectivity index (χ0) is 12.8. The van der Waals surface area contributed by atoms with Gasteiger partial charge in [0.2, 0.25) is 0 Å². The van der Waals surface area contributed by atoms with Crippen LogP contribution in [0.3, 0.4) is 0 Å². The summed E-state index contributed by atoms with van der Waals surface area (Å²) in [5.41, 5.74) is 0.113. The Labute approximate surface area is 102 Å². The summed E-state index contributed by atoms with van der Waals surface area (Å²) in [6.45, 7) is 12.9. The molecular weight excluding hydrogens is 194 g/mol. The number of hydrogen-bond donors (Lipinski definition) is 0. The lowest BCUT2D eigenvalue weighted by Crippen LogP contribution is -2.27. The molecule has 0 heterocycles. The van der Waals surface area contributed by atoms with E-state index < -0.39 is 0 Å². The summed E-state index contributed by atoms with van der Waals surface area (Å²) < 4.78 is 0. The van der Waals surface area contributed by atoms with Gasteiger partial charge in [0.05, 0.1) is 0 Å². The Morgan fingerprint density at radius 2 is 1.88 bits per heavy atom. The van der Waals surface area contributed by atoms with Crippen LogP contribution >= 0.6 is 0 Å². The van der Waals surface area contributed by atoms with Crippen LogP contribution in [0, 0.1) is 11.3 Å². The lowest BCUT2D eigenvalue weighted by Gasteiger charge is -2.28. The van der Waals surface area contributed by atoms with Crippen LogP contribution < -0.4 is 0 Å². The van der Waals surface area contributed by atoms with Gasteiger partial charge in [-0.05, 0) is 26.4 Å². The van der Waals surface area contributed by atoms with Crippen LogP contribution in [0.5, 0.6) is 0 Å². The van der Waals surface area contributed by atoms with Crippen molar-refractivity contribution in [2.24, 2.45) is 11.3 Å². The van der Waals surface area contributed by atoms with Crippen LogP contribution in [0.2, 0.25) is 0 Å². The third kappa shape index (κ3) is 4.52. The molecule has 0 radical (unpaired) electrons. The summed E-state index contributed by atoms with van der Waals surface area (Å²) in [6, 6.07) is 0.544. The van der Waals surface area contributed by atoms with Gasteiger partial charge in [0, 0.05) is 11.5 Å². The topological polar surface area (TPSA) is 3.24 Å². The molecule has 0 spiro atoms. The lowest BCUT2D eigenvalue weighted by atomic mass is 9.78. The lowest BCUT2D eigenvalue weighted by molar-refractivity contribution is 0.319. The van der Waals surface area contributed by atoms with Gasteiger partial charge in [-0.15, -0.1) is 6.58 Å². The second-order valence-corrected chi connectivity index (χ2v) is 5.40. The molecule has 0 fully saturated rings. The normalized spacial score (nSPS) is 18.0. The summed E-state index contributed by atoms with van der Waals surface area (Å²) >= 11 is 0. The third-order valence-electron chi connectivity index (χ3n) is 3.61. The standard InChI is InChI=1S/C15H29N/c1-8-10-14(16(6)7)11-12-15(5,9-2)13(3)4/h9,11-14H,2,8,10H2,1,3-7H3/b12-11-/t14-,15?/m0/s1. The Bertz CT molecular complexity index is 228. The molecule has 0 aliphatic rings. The SMILES string of the molecule is C=CC(C)(/C=C\[C@H](CCC)N(C)C)C(C)C. The Morgan fingerprint density at radius 1 is 1.31 bits per heavy atom. The summed E-state index contributed by atoms with van der Waals surface area (Å²) in [5.74, 6) is 0.589. The predicted molar refractivity (Wildman–Crippen MR) is 74.7 cm³/mol. The number of nitrogens with zero attached hydrogens (tertiary/aromatic N) is 1. The molecule has 0 aromatic heterocycles. The van der Waals surface area contributed by atoms with E-state index >= 15 is 0 Å². The van der Waals surface area contributed by atoms with E-state index in [1.54, 1.807) is 0 Å². The Balaban J connectivity index is 4.69. The van der Waals surface area contributed by atoms with Crippen molar-refractivity contribution in [1.82, 2.24) is 4.90 Å². The van der Waals surface area contributed by atoms with Crippen LogP contribution in [-0.2, 0) is 0 Å². The first-order chi connectivity index (χ1) is 7.37. The van der Waals surface area contributed by atoms with E-state index in [9.17, 15) is 0 Å². The van der Waals surface area contributed by atoms with Gasteiger partial charge < -0.3 is 4.90 Å².